The zero-order valence-electron chi connectivity index (χ0n) is 16.3. The monoisotopic (exact) mass is 417 g/mol. The Kier molecular flexibility index (Phi) is 5.77. The van der Waals surface area contributed by atoms with Crippen molar-refractivity contribution in [3.8, 4) is 22.4 Å². The van der Waals surface area contributed by atoms with Gasteiger partial charge in [0.2, 0.25) is 0 Å². The molecule has 150 valence electrons. The average Bonchev–Trinajstić information content (AvgIpc) is 3.19. The number of aromatic nitrogens is 3. The third-order valence-corrected chi connectivity index (χ3v) is 4.79. The molecule has 4 aromatic rings. The predicted molar refractivity (Wildman–Crippen MR) is 121 cm³/mol. The molecule has 0 atom stereocenters. The van der Waals surface area contributed by atoms with E-state index in [-0.39, 0.29) is 6.03 Å². The molecule has 0 fully saturated rings. The summed E-state index contributed by atoms with van der Waals surface area (Å²) in [4.78, 5) is 16.5. The number of benzene rings is 2. The molecule has 2 N–H and O–H groups in total. The van der Waals surface area contributed by atoms with Gasteiger partial charge in [-0.2, -0.15) is 5.10 Å². The first-order chi connectivity index (χ1) is 14.6. The normalized spacial score (nSPS) is 10.6. The van der Waals surface area contributed by atoms with E-state index in [1.807, 2.05) is 54.2 Å². The quantitative estimate of drug-likeness (QED) is 0.422. The van der Waals surface area contributed by atoms with Gasteiger partial charge in [0.1, 0.15) is 5.69 Å². The van der Waals surface area contributed by atoms with Crippen LogP contribution in [0.4, 0.5) is 16.2 Å². The van der Waals surface area contributed by atoms with Crippen molar-refractivity contribution in [2.75, 3.05) is 10.6 Å². The third kappa shape index (κ3) is 4.50. The Balaban J connectivity index is 1.59. The molecule has 2 amide bonds. The fourth-order valence-corrected chi connectivity index (χ4v) is 3.33. The number of nitrogens with one attached hydrogen (secondary N) is 2. The van der Waals surface area contributed by atoms with Crippen LogP contribution in [0.2, 0.25) is 5.02 Å². The highest BCUT2D eigenvalue weighted by Crippen LogP contribution is 2.32. The van der Waals surface area contributed by atoms with Crippen LogP contribution >= 0.6 is 11.6 Å². The van der Waals surface area contributed by atoms with Gasteiger partial charge in [0, 0.05) is 52.7 Å². The summed E-state index contributed by atoms with van der Waals surface area (Å²) in [5, 5.41) is 10.9. The second-order valence-electron chi connectivity index (χ2n) is 6.65. The van der Waals surface area contributed by atoms with E-state index in [1.54, 1.807) is 36.7 Å². The summed E-state index contributed by atoms with van der Waals surface area (Å²) in [5.41, 5.74) is 5.12. The van der Waals surface area contributed by atoms with Gasteiger partial charge in [0.05, 0.1) is 0 Å². The number of nitrogens with zero attached hydrogens (tertiary/aromatic N) is 3. The lowest BCUT2D eigenvalue weighted by Gasteiger charge is -2.09. The smallest absolute Gasteiger partial charge is 0.308 e. The molecule has 2 aromatic heterocycles. The molecular weight excluding hydrogens is 398 g/mol. The van der Waals surface area contributed by atoms with Crippen LogP contribution < -0.4 is 10.6 Å². The van der Waals surface area contributed by atoms with Gasteiger partial charge in [0.25, 0.3) is 0 Å². The zero-order valence-corrected chi connectivity index (χ0v) is 17.1. The van der Waals surface area contributed by atoms with Crippen LogP contribution in [0.5, 0.6) is 0 Å². The number of anilines is 2. The van der Waals surface area contributed by atoms with Crippen LogP contribution in [-0.2, 0) is 6.54 Å². The van der Waals surface area contributed by atoms with Gasteiger partial charge >= 0.3 is 6.03 Å². The van der Waals surface area contributed by atoms with Crippen LogP contribution in [0.3, 0.4) is 0 Å². The number of halogens is 1. The third-order valence-electron chi connectivity index (χ3n) is 4.55. The topological polar surface area (TPSA) is 71.8 Å². The Hall–Kier alpha value is -3.64. The minimum absolute atomic E-state index is 0.340. The Morgan fingerprint density at radius 2 is 1.67 bits per heavy atom. The van der Waals surface area contributed by atoms with Gasteiger partial charge in [0.15, 0.2) is 0 Å². The van der Waals surface area contributed by atoms with Gasteiger partial charge in [-0.05, 0) is 55.0 Å². The van der Waals surface area contributed by atoms with Gasteiger partial charge in [-0.15, -0.1) is 0 Å². The second kappa shape index (κ2) is 8.80. The Morgan fingerprint density at radius 1 is 0.967 bits per heavy atom. The van der Waals surface area contributed by atoms with Gasteiger partial charge in [-0.1, -0.05) is 29.8 Å². The van der Waals surface area contributed by atoms with E-state index in [1.165, 1.54) is 0 Å². The van der Waals surface area contributed by atoms with E-state index < -0.39 is 0 Å². The Morgan fingerprint density at radius 3 is 2.37 bits per heavy atom. The Bertz CT molecular complexity index is 1170. The van der Waals surface area contributed by atoms with Crippen molar-refractivity contribution in [3.05, 3.63) is 84.3 Å². The maximum absolute atomic E-state index is 12.4. The molecule has 2 aromatic carbocycles. The molecule has 0 aliphatic rings. The van der Waals surface area contributed by atoms with E-state index in [9.17, 15) is 4.79 Å². The maximum atomic E-state index is 12.4. The molecule has 0 unspecified atom stereocenters. The number of aryl methyl sites for hydroxylation is 1. The van der Waals surface area contributed by atoms with Crippen molar-refractivity contribution in [2.45, 2.75) is 13.5 Å². The lowest BCUT2D eigenvalue weighted by molar-refractivity contribution is 0.262. The molecular formula is C23H20ClN5O. The highest BCUT2D eigenvalue weighted by Gasteiger charge is 2.13. The molecule has 0 aliphatic heterocycles. The number of carbonyl (C=O) groups excluding carboxylic acids is 1. The first-order valence-corrected chi connectivity index (χ1v) is 9.92. The standard InChI is InChI=1S/C23H20ClN5O/c1-2-29-15-21(22(28-29)16-9-11-25-12-10-16)17-5-3-7-19(13-17)26-23(30)27-20-8-4-6-18(24)14-20/h3-15H,2H2,1H3,(H2,26,27,30). The maximum Gasteiger partial charge on any atom is 0.323 e. The van der Waals surface area contributed by atoms with Crippen molar-refractivity contribution in [3.63, 3.8) is 0 Å². The number of hydrogen-bond donors (Lipinski definition) is 2. The van der Waals surface area contributed by atoms with Crippen molar-refractivity contribution in [2.24, 2.45) is 0 Å². The fraction of sp³-hybridized carbons (Fsp3) is 0.0870. The highest BCUT2D eigenvalue weighted by atomic mass is 35.5. The van der Waals surface area contributed by atoms with Gasteiger partial charge in [-0.25, -0.2) is 4.79 Å². The van der Waals surface area contributed by atoms with Gasteiger partial charge < -0.3 is 10.6 Å². The number of carbonyl (C=O) groups is 1. The number of urea groups is 1. The summed E-state index contributed by atoms with van der Waals surface area (Å²) < 4.78 is 1.90. The van der Waals surface area contributed by atoms with E-state index in [0.29, 0.717) is 16.4 Å². The second-order valence-corrected chi connectivity index (χ2v) is 7.09. The van der Waals surface area contributed by atoms with E-state index in [2.05, 4.69) is 15.6 Å². The van der Waals surface area contributed by atoms with E-state index in [0.717, 1.165) is 28.9 Å². The molecule has 0 saturated carbocycles. The summed E-state index contributed by atoms with van der Waals surface area (Å²) >= 11 is 5.97. The SMILES string of the molecule is CCn1cc(-c2cccc(NC(=O)Nc3cccc(Cl)c3)c2)c(-c2ccncc2)n1. The van der Waals surface area contributed by atoms with Crippen molar-refractivity contribution < 1.29 is 4.79 Å². The number of rotatable bonds is 5. The average molecular weight is 418 g/mol. The van der Waals surface area contributed by atoms with Crippen molar-refractivity contribution >= 4 is 29.0 Å². The molecule has 0 spiro atoms. The first kappa shape index (κ1) is 19.7. The molecule has 0 aliphatic carbocycles. The van der Waals surface area contributed by atoms with Crippen LogP contribution in [-0.4, -0.2) is 20.8 Å². The van der Waals surface area contributed by atoms with Crippen LogP contribution in [0.1, 0.15) is 6.92 Å². The van der Waals surface area contributed by atoms with Crippen LogP contribution in [0.15, 0.2) is 79.3 Å². The zero-order chi connectivity index (χ0) is 20.9. The fourth-order valence-electron chi connectivity index (χ4n) is 3.14. The highest BCUT2D eigenvalue weighted by molar-refractivity contribution is 6.30. The summed E-state index contributed by atoms with van der Waals surface area (Å²) in [5.74, 6) is 0. The minimum atomic E-state index is -0.340. The molecule has 0 saturated heterocycles. The van der Waals surface area contributed by atoms with Crippen LogP contribution in [0, 0.1) is 0 Å². The lowest BCUT2D eigenvalue weighted by Crippen LogP contribution is -2.19. The van der Waals surface area contributed by atoms with E-state index in [4.69, 9.17) is 16.7 Å². The summed E-state index contributed by atoms with van der Waals surface area (Å²) in [6.45, 7) is 2.81. The molecule has 6 nitrogen and oxygen atoms in total. The summed E-state index contributed by atoms with van der Waals surface area (Å²) in [6.07, 6.45) is 5.52. The van der Waals surface area contributed by atoms with Crippen LogP contribution in [0.25, 0.3) is 22.4 Å². The molecule has 2 heterocycles. The van der Waals surface area contributed by atoms with Crippen molar-refractivity contribution in [1.29, 1.82) is 0 Å². The van der Waals surface area contributed by atoms with E-state index >= 15 is 0 Å². The first-order valence-electron chi connectivity index (χ1n) is 9.54. The molecule has 0 bridgehead atoms. The Labute approximate surface area is 179 Å². The molecule has 4 rings (SSSR count). The molecule has 30 heavy (non-hydrogen) atoms. The summed E-state index contributed by atoms with van der Waals surface area (Å²) in [7, 11) is 0. The largest absolute Gasteiger partial charge is 0.323 e. The van der Waals surface area contributed by atoms with Gasteiger partial charge in [-0.3, -0.25) is 9.67 Å². The molecule has 0 radical (unpaired) electrons. The van der Waals surface area contributed by atoms with Crippen molar-refractivity contribution in [1.82, 2.24) is 14.8 Å². The minimum Gasteiger partial charge on any atom is -0.308 e. The predicted octanol–water partition coefficient (Wildman–Crippen LogP) is 5.93. The summed E-state index contributed by atoms with van der Waals surface area (Å²) in [6, 6.07) is 18.2. The lowest BCUT2D eigenvalue weighted by atomic mass is 10.0. The number of amides is 2. The number of pyridine rings is 1. The number of hydrogen-bond acceptors (Lipinski definition) is 3. The molecule has 7 heteroatoms.